The van der Waals surface area contributed by atoms with Crippen LogP contribution in [0, 0.1) is 11.3 Å². The molecule has 1 fully saturated rings. The first kappa shape index (κ1) is 17.3. The van der Waals surface area contributed by atoms with Gasteiger partial charge >= 0.3 is 0 Å². The second-order valence-electron chi connectivity index (χ2n) is 9.17. The van der Waals surface area contributed by atoms with Gasteiger partial charge in [-0.15, -0.1) is 0 Å². The SMILES string of the molecule is CC1(C)C2=C(CCC=C2)C2=CC=C(C3=C4CCCCC4=C(I)CC3)CC21. The highest BCUT2D eigenvalue weighted by Gasteiger charge is 2.45. The molecule has 0 saturated heterocycles. The van der Waals surface area contributed by atoms with Gasteiger partial charge in [-0.1, -0.05) is 38.2 Å². The molecule has 5 rings (SSSR count). The molecule has 136 valence electrons. The second kappa shape index (κ2) is 6.36. The van der Waals surface area contributed by atoms with E-state index in [1.807, 2.05) is 0 Å². The van der Waals surface area contributed by atoms with Crippen molar-refractivity contribution >= 4 is 22.6 Å². The fourth-order valence-electron chi connectivity index (χ4n) is 6.07. The molecule has 0 aromatic heterocycles. The highest BCUT2D eigenvalue weighted by Crippen LogP contribution is 2.57. The number of hydrogen-bond acceptors (Lipinski definition) is 0. The first-order chi connectivity index (χ1) is 12.6. The number of hydrogen-bond donors (Lipinski definition) is 0. The Morgan fingerprint density at radius 2 is 1.69 bits per heavy atom. The summed E-state index contributed by atoms with van der Waals surface area (Å²) < 4.78 is 1.65. The molecular formula is C25H29I. The van der Waals surface area contributed by atoms with Crippen LogP contribution in [0.25, 0.3) is 0 Å². The minimum absolute atomic E-state index is 0.289. The Hall–Kier alpha value is -0.830. The zero-order valence-electron chi connectivity index (χ0n) is 16.1. The van der Waals surface area contributed by atoms with Gasteiger partial charge in [0.05, 0.1) is 0 Å². The number of fused-ring (bicyclic) bond motifs is 3. The molecule has 0 heterocycles. The third-order valence-electron chi connectivity index (χ3n) is 7.49. The third-order valence-corrected chi connectivity index (χ3v) is 8.68. The third kappa shape index (κ3) is 2.52. The van der Waals surface area contributed by atoms with Gasteiger partial charge in [0.15, 0.2) is 0 Å². The fourth-order valence-corrected chi connectivity index (χ4v) is 6.93. The molecule has 5 aliphatic carbocycles. The van der Waals surface area contributed by atoms with Gasteiger partial charge in [0, 0.05) is 0 Å². The van der Waals surface area contributed by atoms with Crippen LogP contribution in [0.4, 0.5) is 0 Å². The van der Waals surface area contributed by atoms with E-state index >= 15 is 0 Å². The van der Waals surface area contributed by atoms with E-state index in [4.69, 9.17) is 0 Å². The summed E-state index contributed by atoms with van der Waals surface area (Å²) in [5.41, 5.74) is 12.1. The zero-order valence-corrected chi connectivity index (χ0v) is 18.3. The summed E-state index contributed by atoms with van der Waals surface area (Å²) >= 11 is 2.62. The molecule has 1 atom stereocenters. The van der Waals surface area contributed by atoms with Crippen molar-refractivity contribution in [3.05, 3.63) is 66.9 Å². The van der Waals surface area contributed by atoms with E-state index in [-0.39, 0.29) is 5.41 Å². The van der Waals surface area contributed by atoms with Crippen LogP contribution in [0.15, 0.2) is 66.9 Å². The van der Waals surface area contributed by atoms with E-state index < -0.39 is 0 Å². The summed E-state index contributed by atoms with van der Waals surface area (Å²) in [6, 6.07) is 0. The van der Waals surface area contributed by atoms with E-state index in [2.05, 4.69) is 60.7 Å². The lowest BCUT2D eigenvalue weighted by Gasteiger charge is -2.35. The van der Waals surface area contributed by atoms with Crippen molar-refractivity contribution in [2.24, 2.45) is 11.3 Å². The van der Waals surface area contributed by atoms with E-state index in [9.17, 15) is 0 Å². The van der Waals surface area contributed by atoms with Gasteiger partial charge in [-0.3, -0.25) is 0 Å². The lowest BCUT2D eigenvalue weighted by atomic mass is 9.69. The number of halogens is 1. The standard InChI is InChI=1S/C25H29I/c1-25(2)22-10-6-5-8-19(22)20-12-11-16(15-23(20)25)17-13-14-24(26)21-9-4-3-7-18(17)21/h6,10-12,23H,3-5,7-9,13-15H2,1-2H3. The van der Waals surface area contributed by atoms with Gasteiger partial charge in [0.1, 0.15) is 0 Å². The first-order valence-electron chi connectivity index (χ1n) is 10.5. The molecule has 1 saturated carbocycles. The minimum Gasteiger partial charge on any atom is -0.0839 e. The summed E-state index contributed by atoms with van der Waals surface area (Å²) in [4.78, 5) is 0. The van der Waals surface area contributed by atoms with Crippen molar-refractivity contribution in [2.45, 2.75) is 71.6 Å². The highest BCUT2D eigenvalue weighted by atomic mass is 127. The molecule has 1 heteroatoms. The van der Waals surface area contributed by atoms with Crippen molar-refractivity contribution in [3.8, 4) is 0 Å². The van der Waals surface area contributed by atoms with Crippen molar-refractivity contribution in [2.75, 3.05) is 0 Å². The Bertz CT molecular complexity index is 851. The van der Waals surface area contributed by atoms with Gasteiger partial charge in [-0.2, -0.15) is 0 Å². The van der Waals surface area contributed by atoms with Crippen LogP contribution in [0.2, 0.25) is 0 Å². The largest absolute Gasteiger partial charge is 0.0839 e. The number of rotatable bonds is 1. The van der Waals surface area contributed by atoms with E-state index in [0.29, 0.717) is 5.92 Å². The van der Waals surface area contributed by atoms with Gasteiger partial charge < -0.3 is 0 Å². The summed E-state index contributed by atoms with van der Waals surface area (Å²) in [7, 11) is 0. The predicted octanol–water partition coefficient (Wildman–Crippen LogP) is 7.90. The molecule has 0 bridgehead atoms. The topological polar surface area (TPSA) is 0 Å². The van der Waals surface area contributed by atoms with Crippen molar-refractivity contribution in [1.82, 2.24) is 0 Å². The Kier molecular flexibility index (Phi) is 4.23. The Balaban J connectivity index is 1.56. The maximum atomic E-state index is 2.62. The first-order valence-corrected chi connectivity index (χ1v) is 11.6. The smallest absolute Gasteiger partial charge is 0.00266 e. The van der Waals surface area contributed by atoms with Crippen LogP contribution in [0.1, 0.15) is 71.6 Å². The van der Waals surface area contributed by atoms with Gasteiger partial charge in [-0.05, 0) is 134 Å². The van der Waals surface area contributed by atoms with Crippen LogP contribution in [0.5, 0.6) is 0 Å². The molecule has 26 heavy (non-hydrogen) atoms. The van der Waals surface area contributed by atoms with Crippen LogP contribution in [0.3, 0.4) is 0 Å². The Morgan fingerprint density at radius 3 is 2.54 bits per heavy atom. The summed E-state index contributed by atoms with van der Waals surface area (Å²) in [6.45, 7) is 4.97. The molecule has 5 aliphatic rings. The van der Waals surface area contributed by atoms with Crippen molar-refractivity contribution in [1.29, 1.82) is 0 Å². The van der Waals surface area contributed by atoms with E-state index in [1.54, 1.807) is 42.6 Å². The monoisotopic (exact) mass is 456 g/mol. The molecule has 0 N–H and O–H groups in total. The predicted molar refractivity (Wildman–Crippen MR) is 119 cm³/mol. The molecule has 0 aromatic rings. The average molecular weight is 456 g/mol. The minimum atomic E-state index is 0.289. The second-order valence-corrected chi connectivity index (χ2v) is 10.5. The van der Waals surface area contributed by atoms with Crippen molar-refractivity contribution in [3.63, 3.8) is 0 Å². The molecule has 0 radical (unpaired) electrons. The van der Waals surface area contributed by atoms with Gasteiger partial charge in [0.2, 0.25) is 0 Å². The zero-order chi connectivity index (χ0) is 17.9. The lowest BCUT2D eigenvalue weighted by Crippen LogP contribution is -2.24. The van der Waals surface area contributed by atoms with Gasteiger partial charge in [0.25, 0.3) is 0 Å². The molecule has 0 nitrogen and oxygen atoms in total. The fraction of sp³-hybridized carbons (Fsp3) is 0.520. The van der Waals surface area contributed by atoms with E-state index in [0.717, 1.165) is 0 Å². The van der Waals surface area contributed by atoms with Gasteiger partial charge in [-0.25, -0.2) is 0 Å². The van der Waals surface area contributed by atoms with E-state index in [1.165, 1.54) is 57.8 Å². The quantitative estimate of drug-likeness (QED) is 0.352. The Labute approximate surface area is 172 Å². The van der Waals surface area contributed by atoms with Crippen LogP contribution in [-0.4, -0.2) is 0 Å². The highest BCUT2D eigenvalue weighted by molar-refractivity contribution is 14.1. The molecule has 0 aromatic carbocycles. The molecule has 0 amide bonds. The molecule has 1 unspecified atom stereocenters. The lowest BCUT2D eigenvalue weighted by molar-refractivity contribution is 0.331. The normalized spacial score (nSPS) is 30.0. The molecule has 0 aliphatic heterocycles. The summed E-state index contributed by atoms with van der Waals surface area (Å²) in [6.07, 6.45) is 21.5. The van der Waals surface area contributed by atoms with Crippen molar-refractivity contribution < 1.29 is 0 Å². The maximum Gasteiger partial charge on any atom is -0.00266 e. The average Bonchev–Trinajstić information content (AvgIpc) is 2.90. The molecule has 0 spiro atoms. The maximum absolute atomic E-state index is 2.62. The van der Waals surface area contributed by atoms with Crippen LogP contribution >= 0.6 is 22.6 Å². The summed E-state index contributed by atoms with van der Waals surface area (Å²) in [5.74, 6) is 0.681. The summed E-state index contributed by atoms with van der Waals surface area (Å²) in [5, 5.41) is 0. The number of allylic oxidation sites excluding steroid dienone is 12. The van der Waals surface area contributed by atoms with Crippen LogP contribution < -0.4 is 0 Å². The molecular weight excluding hydrogens is 427 g/mol. The van der Waals surface area contributed by atoms with Crippen LogP contribution in [-0.2, 0) is 0 Å². The Morgan fingerprint density at radius 1 is 0.885 bits per heavy atom.